The Hall–Kier alpha value is 2.67. The van der Waals surface area contributed by atoms with Crippen molar-refractivity contribution < 1.29 is 14.1 Å². The van der Waals surface area contributed by atoms with Crippen molar-refractivity contribution in [1.82, 2.24) is 0 Å². The molecule has 0 spiro atoms. The molecule has 3 nitrogen and oxygen atoms in total. The standard InChI is InChI=1S/Al.2Ca.H2O3Si.7H/c;;;1-4(2)3;;;;;;;/h;;;1-2H;;;;;;;. The van der Waals surface area contributed by atoms with Crippen LogP contribution in [0.2, 0.25) is 0 Å². The average Bonchev–Trinajstić information content (AvgIpc) is 0.811. The molecule has 0 fully saturated rings. The summed E-state index contributed by atoms with van der Waals surface area (Å²) in [7, 11) is -3.13. The second kappa shape index (κ2) is 15.9. The van der Waals surface area contributed by atoms with Gasteiger partial charge in [0.1, 0.15) is 0 Å². The van der Waals surface area contributed by atoms with E-state index in [-0.39, 0.29) is 92.8 Å². The summed E-state index contributed by atoms with van der Waals surface area (Å²) in [6.45, 7) is 0. The first-order chi connectivity index (χ1) is 1.73. The Morgan fingerprint density at radius 2 is 1.14 bits per heavy atom. The number of hydrogen-bond donors (Lipinski definition) is 2. The van der Waals surface area contributed by atoms with Gasteiger partial charge < -0.3 is 9.59 Å². The van der Waals surface area contributed by atoms with Crippen LogP contribution in [-0.4, -0.2) is 112 Å². The maximum atomic E-state index is 8.74. The van der Waals surface area contributed by atoms with E-state index in [4.69, 9.17) is 14.1 Å². The van der Waals surface area contributed by atoms with Crippen LogP contribution in [0.1, 0.15) is 0 Å². The molecule has 0 amide bonds. The van der Waals surface area contributed by atoms with E-state index in [9.17, 15) is 0 Å². The van der Waals surface area contributed by atoms with Crippen LogP contribution in [0.4, 0.5) is 0 Å². The minimum absolute atomic E-state index is 0. The molecule has 0 unspecified atom stereocenters. The van der Waals surface area contributed by atoms with Crippen LogP contribution in [0.3, 0.4) is 0 Å². The van der Waals surface area contributed by atoms with Crippen molar-refractivity contribution in [3.63, 3.8) is 0 Å². The fourth-order valence-electron chi connectivity index (χ4n) is 0. The molecule has 0 heterocycles. The van der Waals surface area contributed by atoms with Gasteiger partial charge in [-0.05, 0) is 0 Å². The second-order valence-electron chi connectivity index (χ2n) is 0.283. The van der Waals surface area contributed by atoms with E-state index in [0.717, 1.165) is 0 Å². The van der Waals surface area contributed by atoms with E-state index in [1.807, 2.05) is 0 Å². The van der Waals surface area contributed by atoms with Gasteiger partial charge in [0.2, 0.25) is 0 Å². The molecule has 0 rings (SSSR count). The molecule has 0 saturated carbocycles. The zero-order chi connectivity index (χ0) is 3.58. The zero-order valence-corrected chi connectivity index (χ0v) is 2.80. The number of hydrogen-bond acceptors (Lipinski definition) is 1. The van der Waals surface area contributed by atoms with Gasteiger partial charge in [-0.25, -0.2) is 0 Å². The summed E-state index contributed by atoms with van der Waals surface area (Å²) in [5.41, 5.74) is 0. The Morgan fingerprint density at radius 3 is 1.14 bits per heavy atom. The van der Waals surface area contributed by atoms with Crippen molar-refractivity contribution in [3.8, 4) is 0 Å². The molecule has 0 radical (unpaired) electrons. The average molecular weight is 192 g/mol. The SMILES string of the molecule is O=[Si](O)O.[AlH3].[CaH2].[CaH2]. The summed E-state index contributed by atoms with van der Waals surface area (Å²) in [5, 5.41) is 0. The summed E-state index contributed by atoms with van der Waals surface area (Å²) >= 11 is 0. The molecule has 0 bridgehead atoms. The van der Waals surface area contributed by atoms with Gasteiger partial charge in [-0.15, -0.1) is 0 Å². The van der Waals surface area contributed by atoms with Crippen molar-refractivity contribution in [1.29, 1.82) is 0 Å². The summed E-state index contributed by atoms with van der Waals surface area (Å²) in [6.07, 6.45) is 0. The monoisotopic (exact) mass is 192 g/mol. The molecule has 2 N–H and O–H groups in total. The van der Waals surface area contributed by atoms with Crippen molar-refractivity contribution in [2.45, 2.75) is 0 Å². The van der Waals surface area contributed by atoms with Gasteiger partial charge in [0, 0.05) is 0 Å². The summed E-state index contributed by atoms with van der Waals surface area (Å²) < 4.78 is 8.74. The predicted molar refractivity (Wildman–Crippen MR) is 37.9 cm³/mol. The molecule has 0 aromatic heterocycles. The summed E-state index contributed by atoms with van der Waals surface area (Å²) in [6, 6.07) is 0. The van der Waals surface area contributed by atoms with E-state index in [2.05, 4.69) is 0 Å². The Kier molecular flexibility index (Phi) is 51.2. The Labute approximate surface area is 114 Å². The molecular formula is H9AlCa2O3Si. The van der Waals surface area contributed by atoms with Gasteiger partial charge in [0.25, 0.3) is 0 Å². The van der Waals surface area contributed by atoms with E-state index < -0.39 is 9.17 Å². The van der Waals surface area contributed by atoms with Gasteiger partial charge in [0.05, 0.1) is 0 Å². The summed E-state index contributed by atoms with van der Waals surface area (Å²) in [4.78, 5) is 14.3. The van der Waals surface area contributed by atoms with Gasteiger partial charge in [-0.3, -0.25) is 4.46 Å². The van der Waals surface area contributed by atoms with Gasteiger partial charge >= 0.3 is 84.6 Å². The third kappa shape index (κ3) is 54.1. The van der Waals surface area contributed by atoms with E-state index >= 15 is 0 Å². The van der Waals surface area contributed by atoms with E-state index in [1.165, 1.54) is 0 Å². The third-order valence-electron chi connectivity index (χ3n) is 0. The predicted octanol–water partition coefficient (Wildman–Crippen LogP) is -4.63. The van der Waals surface area contributed by atoms with Crippen molar-refractivity contribution in [3.05, 3.63) is 0 Å². The molecular weight excluding hydrogens is 183 g/mol. The third-order valence-corrected chi connectivity index (χ3v) is 0. The van der Waals surface area contributed by atoms with Gasteiger partial charge in [0.15, 0.2) is 17.4 Å². The molecule has 7 heavy (non-hydrogen) atoms. The number of rotatable bonds is 0. The van der Waals surface area contributed by atoms with Gasteiger partial charge in [-0.1, -0.05) is 0 Å². The Balaban J connectivity index is -0.0000000150. The first-order valence-electron chi connectivity index (χ1n) is 0.651. The first-order valence-corrected chi connectivity index (χ1v) is 1.95. The summed E-state index contributed by atoms with van der Waals surface area (Å²) in [5.74, 6) is 0. The van der Waals surface area contributed by atoms with Crippen molar-refractivity contribution >= 4 is 102 Å². The van der Waals surface area contributed by atoms with E-state index in [1.54, 1.807) is 0 Å². The zero-order valence-electron chi connectivity index (χ0n) is 1.80. The van der Waals surface area contributed by atoms with Crippen LogP contribution >= 0.6 is 0 Å². The Morgan fingerprint density at radius 1 is 1.14 bits per heavy atom. The normalized spacial score (nSPS) is 3.43. The molecule has 38 valence electrons. The van der Waals surface area contributed by atoms with Crippen LogP contribution in [0.25, 0.3) is 0 Å². The van der Waals surface area contributed by atoms with Crippen LogP contribution in [0.5, 0.6) is 0 Å². The van der Waals surface area contributed by atoms with Crippen LogP contribution in [-0.2, 0) is 4.46 Å². The molecule has 0 atom stereocenters. The maximum absolute atomic E-state index is 8.74. The fourth-order valence-corrected chi connectivity index (χ4v) is 0. The molecule has 0 aliphatic heterocycles. The molecule has 0 saturated heterocycles. The topological polar surface area (TPSA) is 57.5 Å². The quantitative estimate of drug-likeness (QED) is 0.380. The first kappa shape index (κ1) is 22.6. The van der Waals surface area contributed by atoms with Crippen LogP contribution in [0, 0.1) is 0 Å². The molecule has 0 aromatic carbocycles. The van der Waals surface area contributed by atoms with Gasteiger partial charge in [-0.2, -0.15) is 0 Å². The minimum atomic E-state index is -3.13. The molecule has 0 aliphatic carbocycles. The van der Waals surface area contributed by atoms with Crippen molar-refractivity contribution in [2.24, 2.45) is 0 Å². The fraction of sp³-hybridized carbons (Fsp3) is 0. The van der Waals surface area contributed by atoms with Crippen LogP contribution < -0.4 is 0 Å². The Bertz CT molecular complexity index is 35.9. The molecule has 7 heteroatoms. The second-order valence-corrected chi connectivity index (χ2v) is 0.848. The van der Waals surface area contributed by atoms with Crippen molar-refractivity contribution in [2.75, 3.05) is 0 Å². The van der Waals surface area contributed by atoms with E-state index in [0.29, 0.717) is 0 Å². The van der Waals surface area contributed by atoms with Crippen LogP contribution in [0.15, 0.2) is 0 Å². The molecule has 0 aromatic rings. The molecule has 0 aliphatic rings.